The van der Waals surface area contributed by atoms with Crippen LogP contribution in [0.1, 0.15) is 43.7 Å². The van der Waals surface area contributed by atoms with Gasteiger partial charge in [-0.2, -0.15) is 23.4 Å². The molecule has 1 N–H and O–H groups in total. The number of fused-ring (bicyclic) bond motifs is 1. The van der Waals surface area contributed by atoms with E-state index in [1.165, 1.54) is 18.0 Å². The van der Waals surface area contributed by atoms with Gasteiger partial charge in [0.2, 0.25) is 0 Å². The van der Waals surface area contributed by atoms with Gasteiger partial charge < -0.3 is 9.64 Å². The molecule has 5 heterocycles. The molecule has 11 heteroatoms. The maximum absolute atomic E-state index is 13.7. The normalized spacial score (nSPS) is 15.6. The molecule has 0 spiro atoms. The average molecular weight is 514 g/mol. The molecule has 0 bridgehead atoms. The van der Waals surface area contributed by atoms with Gasteiger partial charge in [-0.15, -0.1) is 0 Å². The Morgan fingerprint density at radius 3 is 2.59 bits per heavy atom. The number of H-pyrrole nitrogens is 1. The predicted octanol–water partition coefficient (Wildman–Crippen LogP) is 5.13. The molecule has 0 radical (unpaired) electrons. The molecule has 0 saturated carbocycles. The minimum Gasteiger partial charge on any atom is -0.493 e. The van der Waals surface area contributed by atoms with E-state index in [1.54, 1.807) is 24.5 Å². The molecule has 1 aliphatic heterocycles. The Balaban J connectivity index is 1.45. The number of alkyl halides is 3. The highest BCUT2D eigenvalue weighted by molar-refractivity contribution is 5.75. The number of ether oxygens (including phenoxy) is 1. The molecule has 8 nitrogen and oxygen atoms in total. The van der Waals surface area contributed by atoms with Gasteiger partial charge in [0.15, 0.2) is 11.4 Å². The molecule has 0 atom stereocenters. The van der Waals surface area contributed by atoms with Crippen LogP contribution in [0, 0.1) is 5.92 Å². The van der Waals surface area contributed by atoms with Gasteiger partial charge >= 0.3 is 6.18 Å². The number of rotatable bonds is 7. The van der Waals surface area contributed by atoms with Crippen LogP contribution in [-0.4, -0.2) is 67.6 Å². The number of nitrogens with zero attached hydrogens (tertiary/aromatic N) is 6. The Morgan fingerprint density at radius 1 is 1.16 bits per heavy atom. The highest BCUT2D eigenvalue weighted by Crippen LogP contribution is 2.36. The third kappa shape index (κ3) is 5.46. The summed E-state index contributed by atoms with van der Waals surface area (Å²) in [6.45, 7) is 7.64. The van der Waals surface area contributed by atoms with Crippen LogP contribution in [0.4, 0.5) is 13.2 Å². The number of aromatic nitrogens is 6. The fraction of sp³-hybridized carbons (Fsp3) is 0.462. The minimum atomic E-state index is -4.43. The predicted molar refractivity (Wildman–Crippen MR) is 133 cm³/mol. The number of methoxy groups -OCH3 is 1. The Labute approximate surface area is 212 Å². The summed E-state index contributed by atoms with van der Waals surface area (Å²) in [6.07, 6.45) is 1.26. The molecule has 0 aromatic carbocycles. The van der Waals surface area contributed by atoms with Crippen LogP contribution >= 0.6 is 0 Å². The van der Waals surface area contributed by atoms with Crippen molar-refractivity contribution in [3.63, 3.8) is 0 Å². The largest absolute Gasteiger partial charge is 0.493 e. The SMILES string of the molecule is COc1cc(-c2[nH]nc(-c3ccc(C4CCN(CC(C)C)CC4)cn3)c2CC(F)(F)F)cn2ncnc12. The first-order chi connectivity index (χ1) is 17.7. The lowest BCUT2D eigenvalue weighted by Gasteiger charge is -2.33. The number of pyridine rings is 2. The lowest BCUT2D eigenvalue weighted by atomic mass is 9.90. The van der Waals surface area contributed by atoms with Crippen molar-refractivity contribution in [2.24, 2.45) is 5.92 Å². The third-order valence-corrected chi connectivity index (χ3v) is 6.81. The van der Waals surface area contributed by atoms with E-state index in [0.29, 0.717) is 34.5 Å². The molecule has 37 heavy (non-hydrogen) atoms. The summed E-state index contributed by atoms with van der Waals surface area (Å²) in [4.78, 5) is 11.2. The zero-order chi connectivity index (χ0) is 26.2. The Kier molecular flexibility index (Phi) is 6.89. The summed E-state index contributed by atoms with van der Waals surface area (Å²) >= 11 is 0. The van der Waals surface area contributed by atoms with Crippen LogP contribution in [0.25, 0.3) is 28.3 Å². The fourth-order valence-corrected chi connectivity index (χ4v) is 5.12. The lowest BCUT2D eigenvalue weighted by molar-refractivity contribution is -0.127. The van der Waals surface area contributed by atoms with Crippen LogP contribution in [0.15, 0.2) is 36.9 Å². The molecular formula is C26H30F3N7O. The average Bonchev–Trinajstić information content (AvgIpc) is 3.50. The number of nitrogens with one attached hydrogen (secondary N) is 1. The second-order valence-electron chi connectivity index (χ2n) is 9.99. The summed E-state index contributed by atoms with van der Waals surface area (Å²) in [5.74, 6) is 1.43. The number of likely N-dealkylation sites (tertiary alicyclic amines) is 1. The summed E-state index contributed by atoms with van der Waals surface area (Å²) in [5.41, 5.74) is 2.89. The van der Waals surface area contributed by atoms with Gasteiger partial charge in [0.05, 0.1) is 24.9 Å². The molecule has 0 aliphatic carbocycles. The standard InChI is InChI=1S/C26H30F3N7O/c1-16(2)13-35-8-6-17(7-9-35)18-4-5-21(30-12-18)24-20(11-26(27,28)29)23(33-34-24)19-10-22(37-3)25-31-15-32-36(25)14-19/h4-5,10,12,14-17H,6-9,11,13H2,1-3H3,(H,33,34). The summed E-state index contributed by atoms with van der Waals surface area (Å²) in [6, 6.07) is 5.38. The van der Waals surface area contributed by atoms with Crippen LogP contribution in [-0.2, 0) is 6.42 Å². The topological polar surface area (TPSA) is 84.2 Å². The Bertz CT molecular complexity index is 1350. The maximum Gasteiger partial charge on any atom is 0.393 e. The second-order valence-corrected chi connectivity index (χ2v) is 9.99. The van der Waals surface area contributed by atoms with Crippen molar-refractivity contribution in [1.82, 2.24) is 34.7 Å². The first-order valence-corrected chi connectivity index (χ1v) is 12.4. The molecule has 1 saturated heterocycles. The van der Waals surface area contributed by atoms with E-state index in [9.17, 15) is 13.2 Å². The number of aromatic amines is 1. The van der Waals surface area contributed by atoms with Crippen LogP contribution in [0.5, 0.6) is 5.75 Å². The smallest absolute Gasteiger partial charge is 0.393 e. The molecule has 0 unspecified atom stereocenters. The van der Waals surface area contributed by atoms with Gasteiger partial charge in [0, 0.05) is 30.1 Å². The van der Waals surface area contributed by atoms with Crippen molar-refractivity contribution >= 4 is 5.65 Å². The van der Waals surface area contributed by atoms with Crippen molar-refractivity contribution in [2.45, 2.75) is 45.2 Å². The Hall–Kier alpha value is -3.47. The van der Waals surface area contributed by atoms with Crippen molar-refractivity contribution in [2.75, 3.05) is 26.7 Å². The molecule has 4 aromatic rings. The molecular weight excluding hydrogens is 483 g/mol. The van der Waals surface area contributed by atoms with E-state index in [1.807, 2.05) is 6.07 Å². The van der Waals surface area contributed by atoms with Crippen molar-refractivity contribution in [3.8, 4) is 28.4 Å². The van der Waals surface area contributed by atoms with E-state index in [4.69, 9.17) is 4.74 Å². The van der Waals surface area contributed by atoms with E-state index in [-0.39, 0.29) is 17.0 Å². The monoisotopic (exact) mass is 513 g/mol. The van der Waals surface area contributed by atoms with Crippen LogP contribution < -0.4 is 4.74 Å². The first kappa shape index (κ1) is 25.2. The summed E-state index contributed by atoms with van der Waals surface area (Å²) in [7, 11) is 1.47. The van der Waals surface area contributed by atoms with Gasteiger partial charge in [-0.25, -0.2) is 9.50 Å². The van der Waals surface area contributed by atoms with Crippen LogP contribution in [0.2, 0.25) is 0 Å². The van der Waals surface area contributed by atoms with Gasteiger partial charge in [-0.3, -0.25) is 10.1 Å². The van der Waals surface area contributed by atoms with E-state index >= 15 is 0 Å². The van der Waals surface area contributed by atoms with E-state index in [2.05, 4.69) is 44.0 Å². The first-order valence-electron chi connectivity index (χ1n) is 12.4. The number of piperidine rings is 1. The molecule has 4 aromatic heterocycles. The highest BCUT2D eigenvalue weighted by atomic mass is 19.4. The molecule has 0 amide bonds. The van der Waals surface area contributed by atoms with Gasteiger partial charge in [0.1, 0.15) is 12.0 Å². The second kappa shape index (κ2) is 10.1. The third-order valence-electron chi connectivity index (χ3n) is 6.81. The number of hydrogen-bond donors (Lipinski definition) is 1. The zero-order valence-electron chi connectivity index (χ0n) is 21.1. The van der Waals surface area contributed by atoms with E-state index < -0.39 is 12.6 Å². The van der Waals surface area contributed by atoms with Crippen molar-refractivity contribution < 1.29 is 17.9 Å². The van der Waals surface area contributed by atoms with Crippen molar-refractivity contribution in [1.29, 1.82) is 0 Å². The highest BCUT2D eigenvalue weighted by Gasteiger charge is 2.33. The lowest BCUT2D eigenvalue weighted by Crippen LogP contribution is -2.35. The van der Waals surface area contributed by atoms with Gasteiger partial charge in [-0.1, -0.05) is 19.9 Å². The van der Waals surface area contributed by atoms with Gasteiger partial charge in [-0.05, 0) is 55.5 Å². The molecule has 5 rings (SSSR count). The van der Waals surface area contributed by atoms with Crippen molar-refractivity contribution in [3.05, 3.63) is 48.0 Å². The number of hydrogen-bond acceptors (Lipinski definition) is 6. The fourth-order valence-electron chi connectivity index (χ4n) is 5.12. The quantitative estimate of drug-likeness (QED) is 0.369. The van der Waals surface area contributed by atoms with Crippen LogP contribution in [0.3, 0.4) is 0 Å². The Morgan fingerprint density at radius 2 is 1.95 bits per heavy atom. The maximum atomic E-state index is 13.7. The molecule has 1 fully saturated rings. The zero-order valence-corrected chi connectivity index (χ0v) is 21.1. The van der Waals surface area contributed by atoms with E-state index in [0.717, 1.165) is 38.0 Å². The molecule has 196 valence electrons. The minimum absolute atomic E-state index is 0.0243. The summed E-state index contributed by atoms with van der Waals surface area (Å²) < 4.78 is 47.8. The van der Waals surface area contributed by atoms with Gasteiger partial charge in [0.25, 0.3) is 0 Å². The number of halogens is 3. The molecule has 1 aliphatic rings. The summed E-state index contributed by atoms with van der Waals surface area (Å²) in [5, 5.41) is 11.2.